The smallest absolute Gasteiger partial charge is 0.266 e. The van der Waals surface area contributed by atoms with E-state index in [2.05, 4.69) is 15.0 Å². The molecule has 0 aromatic carbocycles. The van der Waals surface area contributed by atoms with Crippen molar-refractivity contribution >= 4 is 5.95 Å². The van der Waals surface area contributed by atoms with Crippen molar-refractivity contribution in [1.29, 1.82) is 0 Å². The highest BCUT2D eigenvalue weighted by Crippen LogP contribution is 2.32. The fourth-order valence-corrected chi connectivity index (χ4v) is 2.51. The van der Waals surface area contributed by atoms with Gasteiger partial charge in [-0.15, -0.1) is 0 Å². The topological polar surface area (TPSA) is 86.6 Å². The number of hydrogen-bond donors (Lipinski definition) is 1. The van der Waals surface area contributed by atoms with Crippen molar-refractivity contribution in [3.63, 3.8) is 0 Å². The Kier molecular flexibility index (Phi) is 3.42. The summed E-state index contributed by atoms with van der Waals surface area (Å²) in [5.41, 5.74) is 5.88. The fourth-order valence-electron chi connectivity index (χ4n) is 2.51. The van der Waals surface area contributed by atoms with E-state index >= 15 is 0 Å². The lowest BCUT2D eigenvalue weighted by molar-refractivity contribution is -0.169. The van der Waals surface area contributed by atoms with Crippen LogP contribution in [0.4, 0.5) is 5.95 Å². The predicted octanol–water partition coefficient (Wildman–Crippen LogP) is 0.823. The van der Waals surface area contributed by atoms with Crippen LogP contribution < -0.4 is 10.6 Å². The lowest BCUT2D eigenvalue weighted by atomic mass is 10.0. The van der Waals surface area contributed by atoms with Gasteiger partial charge in [-0.2, -0.15) is 4.98 Å². The normalized spacial score (nSPS) is 24.0. The van der Waals surface area contributed by atoms with Crippen molar-refractivity contribution in [2.45, 2.75) is 38.0 Å². The first kappa shape index (κ1) is 12.8. The average molecular weight is 268 g/mol. The first-order valence-corrected chi connectivity index (χ1v) is 6.84. The molecule has 0 unspecified atom stereocenters. The van der Waals surface area contributed by atoms with Crippen molar-refractivity contribution < 1.29 is 14.0 Å². The minimum atomic E-state index is -0.372. The number of aromatic nitrogens is 2. The zero-order valence-corrected chi connectivity index (χ0v) is 11.2. The van der Waals surface area contributed by atoms with Crippen LogP contribution in [-0.2, 0) is 9.47 Å². The quantitative estimate of drug-likeness (QED) is 0.868. The molecular weight excluding hydrogens is 248 g/mol. The molecule has 1 aromatic rings. The standard InChI is InChI=1S/C12H20N4O3/c1-2-9(13)10-14-11(15-19-10)16-5-3-12(4-6-16)17-7-8-18-12/h9H,2-8,13H2,1H3/t9-/m0/s1. The van der Waals surface area contributed by atoms with Gasteiger partial charge in [0, 0.05) is 25.9 Å². The molecule has 7 nitrogen and oxygen atoms in total. The van der Waals surface area contributed by atoms with Crippen LogP contribution in [-0.4, -0.2) is 42.2 Å². The first-order valence-electron chi connectivity index (χ1n) is 6.84. The van der Waals surface area contributed by atoms with Crippen molar-refractivity contribution in [3.05, 3.63) is 5.89 Å². The summed E-state index contributed by atoms with van der Waals surface area (Å²) in [6.45, 7) is 4.99. The molecule has 106 valence electrons. The molecule has 1 atom stereocenters. The Labute approximate surface area is 112 Å². The van der Waals surface area contributed by atoms with E-state index in [0.717, 1.165) is 32.4 Å². The Bertz CT molecular complexity index is 420. The molecule has 3 heterocycles. The Balaban J connectivity index is 1.63. The maximum absolute atomic E-state index is 5.88. The lowest BCUT2D eigenvalue weighted by Crippen LogP contribution is -2.45. The molecule has 2 fully saturated rings. The number of nitrogens with zero attached hydrogens (tertiary/aromatic N) is 3. The lowest BCUT2D eigenvalue weighted by Gasteiger charge is -2.36. The second-order valence-corrected chi connectivity index (χ2v) is 5.04. The Morgan fingerprint density at radius 2 is 2.00 bits per heavy atom. The minimum absolute atomic E-state index is 0.182. The van der Waals surface area contributed by atoms with Crippen molar-refractivity contribution in [2.75, 3.05) is 31.2 Å². The Morgan fingerprint density at radius 3 is 2.63 bits per heavy atom. The van der Waals surface area contributed by atoms with Gasteiger partial charge >= 0.3 is 0 Å². The molecule has 2 saturated heterocycles. The number of anilines is 1. The molecule has 0 saturated carbocycles. The second kappa shape index (κ2) is 5.07. The van der Waals surface area contributed by atoms with Crippen LogP contribution in [0.5, 0.6) is 0 Å². The molecule has 0 radical (unpaired) electrons. The molecule has 19 heavy (non-hydrogen) atoms. The zero-order chi connectivity index (χ0) is 13.3. The zero-order valence-electron chi connectivity index (χ0n) is 11.2. The van der Waals surface area contributed by atoms with Gasteiger partial charge < -0.3 is 24.6 Å². The Hall–Kier alpha value is -1.18. The third-order valence-electron chi connectivity index (χ3n) is 3.81. The van der Waals surface area contributed by atoms with Gasteiger partial charge in [-0.3, -0.25) is 0 Å². The van der Waals surface area contributed by atoms with Crippen LogP contribution in [0.15, 0.2) is 4.52 Å². The molecule has 2 N–H and O–H groups in total. The minimum Gasteiger partial charge on any atom is -0.347 e. The third-order valence-corrected chi connectivity index (χ3v) is 3.81. The molecule has 1 spiro atoms. The van der Waals surface area contributed by atoms with Gasteiger partial charge in [0.2, 0.25) is 5.89 Å². The molecule has 2 aliphatic heterocycles. The van der Waals surface area contributed by atoms with Crippen LogP contribution in [0.25, 0.3) is 0 Å². The average Bonchev–Trinajstić information content (AvgIpc) is 3.09. The van der Waals surface area contributed by atoms with E-state index in [1.54, 1.807) is 0 Å². The molecular formula is C12H20N4O3. The van der Waals surface area contributed by atoms with Crippen LogP contribution in [0.3, 0.4) is 0 Å². The SMILES string of the molecule is CC[C@H](N)c1nc(N2CCC3(CC2)OCCO3)no1. The van der Waals surface area contributed by atoms with E-state index in [0.29, 0.717) is 25.1 Å². The summed E-state index contributed by atoms with van der Waals surface area (Å²) in [5, 5.41) is 4.00. The van der Waals surface area contributed by atoms with Gasteiger partial charge in [0.1, 0.15) is 0 Å². The van der Waals surface area contributed by atoms with Gasteiger partial charge in [-0.1, -0.05) is 6.92 Å². The number of nitrogens with two attached hydrogens (primary N) is 1. The molecule has 0 aliphatic carbocycles. The second-order valence-electron chi connectivity index (χ2n) is 5.04. The van der Waals surface area contributed by atoms with Gasteiger partial charge in [0.15, 0.2) is 5.79 Å². The fraction of sp³-hybridized carbons (Fsp3) is 0.833. The highest BCUT2D eigenvalue weighted by atomic mass is 16.7. The summed E-state index contributed by atoms with van der Waals surface area (Å²) in [6, 6.07) is -0.182. The molecule has 0 bridgehead atoms. The first-order chi connectivity index (χ1) is 9.22. The predicted molar refractivity (Wildman–Crippen MR) is 67.6 cm³/mol. The van der Waals surface area contributed by atoms with Gasteiger partial charge in [0.25, 0.3) is 5.95 Å². The highest BCUT2D eigenvalue weighted by Gasteiger charge is 2.40. The van der Waals surface area contributed by atoms with E-state index in [1.807, 2.05) is 6.92 Å². The van der Waals surface area contributed by atoms with Gasteiger partial charge in [-0.05, 0) is 11.6 Å². The summed E-state index contributed by atoms with van der Waals surface area (Å²) in [5.74, 6) is 0.751. The largest absolute Gasteiger partial charge is 0.347 e. The molecule has 0 amide bonds. The Morgan fingerprint density at radius 1 is 1.32 bits per heavy atom. The van der Waals surface area contributed by atoms with Crippen LogP contribution in [0.1, 0.15) is 38.1 Å². The van der Waals surface area contributed by atoms with Crippen LogP contribution in [0, 0.1) is 0 Å². The van der Waals surface area contributed by atoms with Crippen molar-refractivity contribution in [1.82, 2.24) is 10.1 Å². The molecule has 3 rings (SSSR count). The van der Waals surface area contributed by atoms with Gasteiger partial charge in [-0.25, -0.2) is 0 Å². The van der Waals surface area contributed by atoms with Gasteiger partial charge in [0.05, 0.1) is 19.3 Å². The molecule has 2 aliphatic rings. The summed E-state index contributed by atoms with van der Waals surface area (Å²) in [4.78, 5) is 6.45. The van der Waals surface area contributed by atoms with Crippen molar-refractivity contribution in [2.24, 2.45) is 5.73 Å². The summed E-state index contributed by atoms with van der Waals surface area (Å²) < 4.78 is 16.6. The maximum Gasteiger partial charge on any atom is 0.266 e. The van der Waals surface area contributed by atoms with E-state index in [4.69, 9.17) is 19.7 Å². The highest BCUT2D eigenvalue weighted by molar-refractivity contribution is 5.29. The van der Waals surface area contributed by atoms with E-state index in [-0.39, 0.29) is 11.8 Å². The maximum atomic E-state index is 5.88. The summed E-state index contributed by atoms with van der Waals surface area (Å²) in [7, 11) is 0. The number of ether oxygens (including phenoxy) is 2. The monoisotopic (exact) mass is 268 g/mol. The number of piperidine rings is 1. The summed E-state index contributed by atoms with van der Waals surface area (Å²) in [6.07, 6.45) is 2.44. The summed E-state index contributed by atoms with van der Waals surface area (Å²) >= 11 is 0. The third kappa shape index (κ3) is 2.45. The van der Waals surface area contributed by atoms with E-state index in [9.17, 15) is 0 Å². The van der Waals surface area contributed by atoms with E-state index in [1.165, 1.54) is 0 Å². The number of hydrogen-bond acceptors (Lipinski definition) is 7. The molecule has 1 aromatic heterocycles. The molecule has 7 heteroatoms. The van der Waals surface area contributed by atoms with Crippen LogP contribution in [0.2, 0.25) is 0 Å². The van der Waals surface area contributed by atoms with Crippen LogP contribution >= 0.6 is 0 Å². The number of rotatable bonds is 3. The van der Waals surface area contributed by atoms with E-state index < -0.39 is 0 Å². The van der Waals surface area contributed by atoms with Crippen molar-refractivity contribution in [3.8, 4) is 0 Å².